The van der Waals surface area contributed by atoms with Crippen molar-refractivity contribution >= 4 is 28.6 Å². The average molecular weight is 540 g/mol. The summed E-state index contributed by atoms with van der Waals surface area (Å²) in [6.07, 6.45) is -0.867. The highest BCUT2D eigenvalue weighted by Gasteiger charge is 2.26. The van der Waals surface area contributed by atoms with Crippen molar-refractivity contribution in [2.24, 2.45) is 7.05 Å². The highest BCUT2D eigenvalue weighted by molar-refractivity contribution is 5.99. The number of hydrogen-bond acceptors (Lipinski definition) is 6. The van der Waals surface area contributed by atoms with Crippen LogP contribution in [0.15, 0.2) is 77.6 Å². The van der Waals surface area contributed by atoms with Gasteiger partial charge in [-0.15, -0.1) is 0 Å². The van der Waals surface area contributed by atoms with Crippen LogP contribution in [-0.2, 0) is 16.6 Å². The lowest BCUT2D eigenvalue weighted by Crippen LogP contribution is -2.33. The van der Waals surface area contributed by atoms with Crippen LogP contribution in [0.1, 0.15) is 29.4 Å². The predicted octanol–water partition coefficient (Wildman–Crippen LogP) is 4.61. The molecule has 2 heterocycles. The highest BCUT2D eigenvalue weighted by atomic mass is 16.5. The third kappa shape index (κ3) is 4.98. The van der Waals surface area contributed by atoms with Gasteiger partial charge in [0.15, 0.2) is 6.10 Å². The lowest BCUT2D eigenvalue weighted by Gasteiger charge is -2.15. The number of nitrogens with zero attached hydrogens (tertiary/aromatic N) is 3. The second-order valence-corrected chi connectivity index (χ2v) is 9.27. The van der Waals surface area contributed by atoms with Gasteiger partial charge in [0.1, 0.15) is 17.3 Å². The van der Waals surface area contributed by atoms with E-state index in [0.29, 0.717) is 28.2 Å². The number of carbonyl (C=O) groups is 2. The van der Waals surface area contributed by atoms with E-state index in [1.807, 2.05) is 42.5 Å². The van der Waals surface area contributed by atoms with E-state index in [-0.39, 0.29) is 23.2 Å². The Labute approximate surface area is 230 Å². The van der Waals surface area contributed by atoms with Crippen molar-refractivity contribution in [1.29, 1.82) is 0 Å². The molecule has 1 atom stereocenters. The number of anilines is 1. The Morgan fingerprint density at radius 1 is 1.05 bits per heavy atom. The monoisotopic (exact) mass is 539 g/mol. The molecule has 2 aromatic heterocycles. The topological polar surface area (TPSA) is 120 Å². The SMILES string of the molecule is CCC(OC(=O)c1ccc2nc(-c3ccc(OC)cc3)[nH]c2c1)C(=O)Nc1c(C)n(C)n(-c2ccccc2)c1=O. The Morgan fingerprint density at radius 3 is 2.45 bits per heavy atom. The third-order valence-corrected chi connectivity index (χ3v) is 6.80. The van der Waals surface area contributed by atoms with Gasteiger partial charge in [-0.2, -0.15) is 0 Å². The van der Waals surface area contributed by atoms with Crippen molar-refractivity contribution in [1.82, 2.24) is 19.3 Å². The van der Waals surface area contributed by atoms with E-state index in [1.165, 1.54) is 4.68 Å². The first-order valence-corrected chi connectivity index (χ1v) is 12.8. The van der Waals surface area contributed by atoms with Crippen molar-refractivity contribution < 1.29 is 19.1 Å². The number of hydrogen-bond donors (Lipinski definition) is 2. The molecule has 0 fully saturated rings. The normalized spacial score (nSPS) is 11.8. The molecule has 1 amide bonds. The van der Waals surface area contributed by atoms with E-state index in [1.54, 1.807) is 63.0 Å². The Balaban J connectivity index is 1.33. The van der Waals surface area contributed by atoms with Gasteiger partial charge in [0, 0.05) is 12.6 Å². The van der Waals surface area contributed by atoms with E-state index in [2.05, 4.69) is 15.3 Å². The number of nitrogens with one attached hydrogen (secondary N) is 2. The summed E-state index contributed by atoms with van der Waals surface area (Å²) in [6, 6.07) is 21.6. The molecule has 5 aromatic rings. The molecule has 2 N–H and O–H groups in total. The van der Waals surface area contributed by atoms with E-state index in [0.717, 1.165) is 11.3 Å². The van der Waals surface area contributed by atoms with Gasteiger partial charge in [-0.25, -0.2) is 14.5 Å². The molecular weight excluding hydrogens is 510 g/mol. The zero-order valence-electron chi connectivity index (χ0n) is 22.6. The molecule has 10 nitrogen and oxygen atoms in total. The number of H-pyrrole nitrogens is 1. The van der Waals surface area contributed by atoms with E-state index in [9.17, 15) is 14.4 Å². The summed E-state index contributed by atoms with van der Waals surface area (Å²) < 4.78 is 13.9. The molecule has 0 spiro atoms. The van der Waals surface area contributed by atoms with Crippen LogP contribution in [0.2, 0.25) is 0 Å². The molecule has 5 rings (SSSR count). The standard InChI is InChI=1S/C30H29N5O5/c1-5-25(28(36)33-26-18(2)34(3)35(29(26)37)21-9-7-6-8-10-21)40-30(38)20-13-16-23-24(17-20)32-27(31-23)19-11-14-22(39-4)15-12-19/h6-17,25H,5H2,1-4H3,(H,31,32)(H,33,36). The maximum absolute atomic E-state index is 13.2. The van der Waals surface area contributed by atoms with Crippen molar-refractivity contribution in [3.8, 4) is 22.8 Å². The largest absolute Gasteiger partial charge is 0.497 e. The first-order valence-electron chi connectivity index (χ1n) is 12.8. The zero-order valence-corrected chi connectivity index (χ0v) is 22.6. The molecule has 0 saturated heterocycles. The summed E-state index contributed by atoms with van der Waals surface area (Å²) in [7, 11) is 3.34. The number of methoxy groups -OCH3 is 1. The highest BCUT2D eigenvalue weighted by Crippen LogP contribution is 2.24. The summed E-state index contributed by atoms with van der Waals surface area (Å²) in [4.78, 5) is 47.1. The fourth-order valence-electron chi connectivity index (χ4n) is 4.46. The molecule has 1 unspecified atom stereocenters. The van der Waals surface area contributed by atoms with Gasteiger partial charge in [-0.1, -0.05) is 25.1 Å². The lowest BCUT2D eigenvalue weighted by molar-refractivity contribution is -0.124. The smallest absolute Gasteiger partial charge is 0.338 e. The molecule has 0 aliphatic heterocycles. The molecule has 0 radical (unpaired) electrons. The lowest BCUT2D eigenvalue weighted by atomic mass is 10.2. The van der Waals surface area contributed by atoms with E-state index >= 15 is 0 Å². The van der Waals surface area contributed by atoms with Crippen LogP contribution in [0.4, 0.5) is 5.69 Å². The fourth-order valence-corrected chi connectivity index (χ4v) is 4.46. The van der Waals surface area contributed by atoms with E-state index in [4.69, 9.17) is 9.47 Å². The zero-order chi connectivity index (χ0) is 28.4. The second kappa shape index (κ2) is 10.9. The molecule has 10 heteroatoms. The summed E-state index contributed by atoms with van der Waals surface area (Å²) in [6.45, 7) is 3.47. The van der Waals surface area contributed by atoms with Crippen LogP contribution >= 0.6 is 0 Å². The predicted molar refractivity (Wildman–Crippen MR) is 152 cm³/mol. The number of para-hydroxylation sites is 1. The maximum Gasteiger partial charge on any atom is 0.338 e. The van der Waals surface area contributed by atoms with Gasteiger partial charge in [0.25, 0.3) is 11.5 Å². The van der Waals surface area contributed by atoms with Crippen LogP contribution < -0.4 is 15.6 Å². The quantitative estimate of drug-likeness (QED) is 0.278. The summed E-state index contributed by atoms with van der Waals surface area (Å²) >= 11 is 0. The van der Waals surface area contributed by atoms with Crippen LogP contribution in [-0.4, -0.2) is 44.4 Å². The summed E-state index contributed by atoms with van der Waals surface area (Å²) in [5.41, 5.74) is 3.47. The first kappa shape index (κ1) is 26.5. The van der Waals surface area contributed by atoms with Crippen LogP contribution in [0.3, 0.4) is 0 Å². The summed E-state index contributed by atoms with van der Waals surface area (Å²) in [5, 5.41) is 2.68. The van der Waals surface area contributed by atoms with Crippen LogP contribution in [0.25, 0.3) is 28.1 Å². The molecule has 3 aromatic carbocycles. The number of rotatable bonds is 8. The Bertz CT molecular complexity index is 1750. The average Bonchev–Trinajstić information content (AvgIpc) is 3.50. The minimum atomic E-state index is -1.09. The fraction of sp³-hybridized carbons (Fsp3) is 0.200. The van der Waals surface area contributed by atoms with Gasteiger partial charge in [0.05, 0.1) is 35.1 Å². The Kier molecular flexibility index (Phi) is 7.24. The number of aromatic nitrogens is 4. The number of ether oxygens (including phenoxy) is 2. The minimum absolute atomic E-state index is 0.135. The number of benzene rings is 3. The number of esters is 1. The van der Waals surface area contributed by atoms with Crippen molar-refractivity contribution in [2.45, 2.75) is 26.4 Å². The molecule has 0 saturated carbocycles. The van der Waals surface area contributed by atoms with Crippen LogP contribution in [0.5, 0.6) is 5.75 Å². The van der Waals surface area contributed by atoms with Gasteiger partial charge in [0.2, 0.25) is 0 Å². The third-order valence-electron chi connectivity index (χ3n) is 6.80. The van der Waals surface area contributed by atoms with Crippen molar-refractivity contribution in [2.75, 3.05) is 12.4 Å². The minimum Gasteiger partial charge on any atom is -0.497 e. The molecule has 40 heavy (non-hydrogen) atoms. The van der Waals surface area contributed by atoms with Crippen LogP contribution in [0, 0.1) is 6.92 Å². The first-order chi connectivity index (χ1) is 19.3. The molecule has 0 aliphatic carbocycles. The molecule has 0 aliphatic rings. The summed E-state index contributed by atoms with van der Waals surface area (Å²) in [5.74, 6) is 0.152. The second-order valence-electron chi connectivity index (χ2n) is 9.27. The van der Waals surface area contributed by atoms with E-state index < -0.39 is 18.0 Å². The van der Waals surface area contributed by atoms with Crippen molar-refractivity contribution in [3.05, 3.63) is 94.4 Å². The number of carbonyl (C=O) groups excluding carboxylic acids is 2. The van der Waals surface area contributed by atoms with Gasteiger partial charge < -0.3 is 19.8 Å². The number of amides is 1. The molecule has 204 valence electrons. The molecular formula is C30H29N5O5. The van der Waals surface area contributed by atoms with Gasteiger partial charge in [-0.3, -0.25) is 14.3 Å². The van der Waals surface area contributed by atoms with Crippen molar-refractivity contribution in [3.63, 3.8) is 0 Å². The number of aromatic amines is 1. The number of fused-ring (bicyclic) bond motifs is 1. The maximum atomic E-state index is 13.2. The molecule has 0 bridgehead atoms. The number of imidazole rings is 1. The van der Waals surface area contributed by atoms with Gasteiger partial charge >= 0.3 is 5.97 Å². The van der Waals surface area contributed by atoms with Gasteiger partial charge in [-0.05, 0) is 67.9 Å². The Hall–Kier alpha value is -5.12. The Morgan fingerprint density at radius 2 is 1.77 bits per heavy atom.